The number of methoxy groups -OCH3 is 2. The Morgan fingerprint density at radius 2 is 1.48 bits per heavy atom. The van der Waals surface area contributed by atoms with Crippen molar-refractivity contribution >= 4 is 0 Å². The van der Waals surface area contributed by atoms with Crippen LogP contribution in [0.15, 0.2) is 18.2 Å². The predicted octanol–water partition coefficient (Wildman–Crippen LogP) is 4.09. The summed E-state index contributed by atoms with van der Waals surface area (Å²) in [5.41, 5.74) is 8.06. The molecule has 2 rings (SSSR count). The van der Waals surface area contributed by atoms with Gasteiger partial charge in [-0.05, 0) is 42.2 Å². The molecule has 1 fully saturated rings. The van der Waals surface area contributed by atoms with Crippen LogP contribution in [0.4, 0.5) is 0 Å². The minimum absolute atomic E-state index is 0.224. The molecule has 0 amide bonds. The van der Waals surface area contributed by atoms with Crippen molar-refractivity contribution in [3.8, 4) is 11.5 Å². The van der Waals surface area contributed by atoms with E-state index in [1.54, 1.807) is 14.2 Å². The average molecular weight is 291 g/mol. The van der Waals surface area contributed by atoms with E-state index in [4.69, 9.17) is 15.2 Å². The zero-order chi connectivity index (χ0) is 15.9. The van der Waals surface area contributed by atoms with Gasteiger partial charge in [-0.25, -0.2) is 0 Å². The molecule has 1 aliphatic rings. The SMILES string of the molecule is COc1ccc(C2(N)CC(C)(C)CC(C)(C)C2)c(OC)c1. The highest BCUT2D eigenvalue weighted by Crippen LogP contribution is 2.54. The van der Waals surface area contributed by atoms with Crippen molar-refractivity contribution in [2.24, 2.45) is 16.6 Å². The van der Waals surface area contributed by atoms with Gasteiger partial charge in [-0.15, -0.1) is 0 Å². The van der Waals surface area contributed by atoms with Gasteiger partial charge in [-0.3, -0.25) is 0 Å². The van der Waals surface area contributed by atoms with Crippen LogP contribution in [0.5, 0.6) is 11.5 Å². The highest BCUT2D eigenvalue weighted by Gasteiger charge is 2.47. The fourth-order valence-corrected chi connectivity index (χ4v) is 4.59. The van der Waals surface area contributed by atoms with Crippen LogP contribution < -0.4 is 15.2 Å². The first-order valence-corrected chi connectivity index (χ1v) is 7.62. The first-order valence-electron chi connectivity index (χ1n) is 7.62. The molecule has 0 unspecified atom stereocenters. The third-order valence-electron chi connectivity index (χ3n) is 4.49. The van der Waals surface area contributed by atoms with E-state index in [-0.39, 0.29) is 16.4 Å². The Morgan fingerprint density at radius 1 is 0.905 bits per heavy atom. The number of hydrogen-bond acceptors (Lipinski definition) is 3. The number of ether oxygens (including phenoxy) is 2. The largest absolute Gasteiger partial charge is 0.497 e. The summed E-state index contributed by atoms with van der Waals surface area (Å²) in [6, 6.07) is 5.97. The van der Waals surface area contributed by atoms with Crippen LogP contribution in [0.3, 0.4) is 0 Å². The fourth-order valence-electron chi connectivity index (χ4n) is 4.59. The average Bonchev–Trinajstić information content (AvgIpc) is 2.33. The van der Waals surface area contributed by atoms with E-state index in [9.17, 15) is 0 Å². The van der Waals surface area contributed by atoms with Crippen LogP contribution in [0.2, 0.25) is 0 Å². The maximum absolute atomic E-state index is 6.88. The summed E-state index contributed by atoms with van der Waals surface area (Å²) in [7, 11) is 3.36. The van der Waals surface area contributed by atoms with Gasteiger partial charge in [0.2, 0.25) is 0 Å². The normalized spacial score (nSPS) is 22.6. The predicted molar refractivity (Wildman–Crippen MR) is 86.8 cm³/mol. The van der Waals surface area contributed by atoms with Crippen molar-refractivity contribution in [3.63, 3.8) is 0 Å². The van der Waals surface area contributed by atoms with Crippen molar-refractivity contribution < 1.29 is 9.47 Å². The molecule has 0 aromatic heterocycles. The minimum Gasteiger partial charge on any atom is -0.497 e. The molecule has 0 heterocycles. The summed E-state index contributed by atoms with van der Waals surface area (Å²) < 4.78 is 10.9. The molecule has 3 heteroatoms. The Bertz CT molecular complexity index is 504. The monoisotopic (exact) mass is 291 g/mol. The van der Waals surface area contributed by atoms with Crippen LogP contribution in [-0.4, -0.2) is 14.2 Å². The first-order chi connectivity index (χ1) is 9.61. The highest BCUT2D eigenvalue weighted by atomic mass is 16.5. The lowest BCUT2D eigenvalue weighted by Crippen LogP contribution is -2.50. The molecule has 0 bridgehead atoms. The molecule has 118 valence electrons. The minimum atomic E-state index is -0.358. The zero-order valence-electron chi connectivity index (χ0n) is 14.2. The molecule has 1 aliphatic carbocycles. The topological polar surface area (TPSA) is 44.5 Å². The second-order valence-corrected chi connectivity index (χ2v) is 8.08. The third-order valence-corrected chi connectivity index (χ3v) is 4.49. The summed E-state index contributed by atoms with van der Waals surface area (Å²) in [6.45, 7) is 9.24. The highest BCUT2D eigenvalue weighted by molar-refractivity contribution is 5.45. The van der Waals surface area contributed by atoms with E-state index in [0.717, 1.165) is 29.9 Å². The van der Waals surface area contributed by atoms with Crippen molar-refractivity contribution in [3.05, 3.63) is 23.8 Å². The molecule has 1 aromatic carbocycles. The van der Waals surface area contributed by atoms with Crippen molar-refractivity contribution in [1.29, 1.82) is 0 Å². The molecule has 1 saturated carbocycles. The maximum atomic E-state index is 6.88. The summed E-state index contributed by atoms with van der Waals surface area (Å²) >= 11 is 0. The lowest BCUT2D eigenvalue weighted by molar-refractivity contribution is 0.0459. The van der Waals surface area contributed by atoms with Gasteiger partial charge >= 0.3 is 0 Å². The van der Waals surface area contributed by atoms with E-state index >= 15 is 0 Å². The number of nitrogens with two attached hydrogens (primary N) is 1. The molecule has 21 heavy (non-hydrogen) atoms. The molecule has 0 radical (unpaired) electrons. The molecule has 0 spiro atoms. The van der Waals surface area contributed by atoms with E-state index in [1.165, 1.54) is 6.42 Å². The van der Waals surface area contributed by atoms with Crippen LogP contribution in [-0.2, 0) is 5.54 Å². The van der Waals surface area contributed by atoms with Crippen LogP contribution in [0.1, 0.15) is 52.5 Å². The van der Waals surface area contributed by atoms with Gasteiger partial charge in [0.05, 0.1) is 14.2 Å². The van der Waals surface area contributed by atoms with E-state index in [1.807, 2.05) is 12.1 Å². The van der Waals surface area contributed by atoms with Crippen molar-refractivity contribution in [1.82, 2.24) is 0 Å². The van der Waals surface area contributed by atoms with E-state index in [0.29, 0.717) is 0 Å². The molecule has 0 aliphatic heterocycles. The Hall–Kier alpha value is -1.22. The number of benzene rings is 1. The van der Waals surface area contributed by atoms with Crippen LogP contribution >= 0.6 is 0 Å². The molecule has 2 N–H and O–H groups in total. The van der Waals surface area contributed by atoms with Crippen molar-refractivity contribution in [2.45, 2.75) is 52.5 Å². The summed E-state index contributed by atoms with van der Waals surface area (Å²) in [6.07, 6.45) is 3.12. The molecule has 1 aromatic rings. The smallest absolute Gasteiger partial charge is 0.127 e. The van der Waals surface area contributed by atoms with Gasteiger partial charge in [0.25, 0.3) is 0 Å². The Balaban J connectivity index is 2.48. The van der Waals surface area contributed by atoms with Gasteiger partial charge in [-0.2, -0.15) is 0 Å². The number of hydrogen-bond donors (Lipinski definition) is 1. The van der Waals surface area contributed by atoms with Gasteiger partial charge < -0.3 is 15.2 Å². The van der Waals surface area contributed by atoms with Crippen LogP contribution in [0, 0.1) is 10.8 Å². The molecule has 3 nitrogen and oxygen atoms in total. The van der Waals surface area contributed by atoms with Crippen LogP contribution in [0.25, 0.3) is 0 Å². The quantitative estimate of drug-likeness (QED) is 0.912. The third kappa shape index (κ3) is 3.34. The Kier molecular flexibility index (Phi) is 4.00. The van der Waals surface area contributed by atoms with Gasteiger partial charge in [0.15, 0.2) is 0 Å². The fraction of sp³-hybridized carbons (Fsp3) is 0.667. The van der Waals surface area contributed by atoms with E-state index in [2.05, 4.69) is 33.8 Å². The van der Waals surface area contributed by atoms with Gasteiger partial charge in [0.1, 0.15) is 11.5 Å². The summed E-state index contributed by atoms with van der Waals surface area (Å²) in [5.74, 6) is 1.62. The second kappa shape index (κ2) is 5.20. The lowest BCUT2D eigenvalue weighted by atomic mass is 9.57. The molecular formula is C18H29NO2. The Morgan fingerprint density at radius 3 is 1.95 bits per heavy atom. The summed E-state index contributed by atoms with van der Waals surface area (Å²) in [4.78, 5) is 0. The van der Waals surface area contributed by atoms with Crippen molar-refractivity contribution in [2.75, 3.05) is 14.2 Å². The zero-order valence-corrected chi connectivity index (χ0v) is 14.2. The van der Waals surface area contributed by atoms with E-state index < -0.39 is 0 Å². The number of rotatable bonds is 3. The Labute approximate surface area is 128 Å². The standard InChI is InChI=1S/C18H29NO2/c1-16(2)10-17(3,4)12-18(19,11-16)14-8-7-13(20-5)9-15(14)21-6/h7-9H,10-12,19H2,1-6H3. The molecular weight excluding hydrogens is 262 g/mol. The molecule has 0 saturated heterocycles. The van der Waals surface area contributed by atoms with Gasteiger partial charge in [0, 0.05) is 17.2 Å². The maximum Gasteiger partial charge on any atom is 0.127 e. The second-order valence-electron chi connectivity index (χ2n) is 8.08. The summed E-state index contributed by atoms with van der Waals surface area (Å²) in [5, 5.41) is 0. The van der Waals surface area contributed by atoms with Gasteiger partial charge in [-0.1, -0.05) is 27.7 Å². The first kappa shape index (κ1) is 16.2. The molecule has 0 atom stereocenters. The lowest BCUT2D eigenvalue weighted by Gasteiger charge is -2.51.